The summed E-state index contributed by atoms with van der Waals surface area (Å²) in [6.45, 7) is 6.02. The van der Waals surface area contributed by atoms with Gasteiger partial charge in [-0.2, -0.15) is 0 Å². The van der Waals surface area contributed by atoms with Gasteiger partial charge in [0.2, 0.25) is 0 Å². The van der Waals surface area contributed by atoms with Crippen molar-refractivity contribution in [2.24, 2.45) is 5.41 Å². The van der Waals surface area contributed by atoms with Gasteiger partial charge in [0.05, 0.1) is 5.41 Å². The van der Waals surface area contributed by atoms with Crippen LogP contribution in [0.25, 0.3) is 10.9 Å². The lowest BCUT2D eigenvalue weighted by Crippen LogP contribution is -2.28. The normalized spacial score (nSPS) is 11.9. The molecule has 0 atom stereocenters. The van der Waals surface area contributed by atoms with E-state index in [2.05, 4.69) is 18.2 Å². The molecule has 0 radical (unpaired) electrons. The number of aliphatic carboxylic acids is 1. The lowest BCUT2D eigenvalue weighted by molar-refractivity contribution is -0.147. The van der Waals surface area contributed by atoms with Crippen LogP contribution >= 0.6 is 0 Å². The standard InChI is InChI=1S/C14H17NO2/c1-10-4-5-11-6-7-15(12(11)8-10)9-14(2,3)13(16)17/h4-8H,9H2,1-3H3,(H,16,17). The fraction of sp³-hybridized carbons (Fsp3) is 0.357. The van der Waals surface area contributed by atoms with Crippen LogP contribution in [0.5, 0.6) is 0 Å². The quantitative estimate of drug-likeness (QED) is 0.882. The van der Waals surface area contributed by atoms with Crippen molar-refractivity contribution in [3.63, 3.8) is 0 Å². The summed E-state index contributed by atoms with van der Waals surface area (Å²) < 4.78 is 2.01. The van der Waals surface area contributed by atoms with E-state index >= 15 is 0 Å². The van der Waals surface area contributed by atoms with Crippen LogP contribution in [-0.4, -0.2) is 15.6 Å². The van der Waals surface area contributed by atoms with Crippen LogP contribution in [0.15, 0.2) is 30.5 Å². The predicted molar refractivity (Wildman–Crippen MR) is 68.1 cm³/mol. The van der Waals surface area contributed by atoms with E-state index in [4.69, 9.17) is 5.11 Å². The summed E-state index contributed by atoms with van der Waals surface area (Å²) in [4.78, 5) is 11.1. The second-order valence-electron chi connectivity index (χ2n) is 5.19. The van der Waals surface area contributed by atoms with Gasteiger partial charge in [-0.3, -0.25) is 4.79 Å². The molecule has 0 aliphatic carbocycles. The Morgan fingerprint density at radius 1 is 1.35 bits per heavy atom. The van der Waals surface area contributed by atoms with Crippen LogP contribution in [0.3, 0.4) is 0 Å². The maximum atomic E-state index is 11.1. The number of carbonyl (C=O) groups is 1. The summed E-state index contributed by atoms with van der Waals surface area (Å²) in [5.74, 6) is -0.771. The van der Waals surface area contributed by atoms with Gasteiger partial charge in [-0.15, -0.1) is 0 Å². The van der Waals surface area contributed by atoms with Crippen molar-refractivity contribution in [1.82, 2.24) is 4.57 Å². The van der Waals surface area contributed by atoms with Crippen molar-refractivity contribution in [2.75, 3.05) is 0 Å². The van der Waals surface area contributed by atoms with Crippen LogP contribution in [-0.2, 0) is 11.3 Å². The molecule has 0 bridgehead atoms. The van der Waals surface area contributed by atoms with Gasteiger partial charge >= 0.3 is 5.97 Å². The fourth-order valence-electron chi connectivity index (χ4n) is 1.93. The van der Waals surface area contributed by atoms with Crippen molar-refractivity contribution in [2.45, 2.75) is 27.3 Å². The first-order valence-electron chi connectivity index (χ1n) is 5.69. The first kappa shape index (κ1) is 11.7. The zero-order valence-corrected chi connectivity index (χ0v) is 10.4. The molecule has 2 aromatic rings. The predicted octanol–water partition coefficient (Wildman–Crippen LogP) is 3.06. The first-order valence-corrected chi connectivity index (χ1v) is 5.69. The Morgan fingerprint density at radius 2 is 2.06 bits per heavy atom. The molecule has 2 rings (SSSR count). The third-order valence-electron chi connectivity index (χ3n) is 3.07. The molecule has 0 unspecified atom stereocenters. The van der Waals surface area contributed by atoms with Gasteiger partial charge in [-0.1, -0.05) is 12.1 Å². The summed E-state index contributed by atoms with van der Waals surface area (Å²) in [6, 6.07) is 8.24. The summed E-state index contributed by atoms with van der Waals surface area (Å²) in [6.07, 6.45) is 1.95. The monoisotopic (exact) mass is 231 g/mol. The van der Waals surface area contributed by atoms with Gasteiger partial charge in [0, 0.05) is 18.3 Å². The minimum absolute atomic E-state index is 0.481. The Balaban J connectivity index is 2.43. The molecule has 3 heteroatoms. The highest BCUT2D eigenvalue weighted by Gasteiger charge is 2.27. The maximum Gasteiger partial charge on any atom is 0.310 e. The molecule has 0 amide bonds. The minimum atomic E-state index is -0.771. The van der Waals surface area contributed by atoms with Crippen LogP contribution in [0, 0.1) is 12.3 Å². The molecule has 1 aromatic heterocycles. The molecular weight excluding hydrogens is 214 g/mol. The van der Waals surface area contributed by atoms with E-state index in [-0.39, 0.29) is 0 Å². The highest BCUT2D eigenvalue weighted by atomic mass is 16.4. The second kappa shape index (κ2) is 3.91. The third kappa shape index (κ3) is 2.18. The van der Waals surface area contributed by atoms with E-state index < -0.39 is 11.4 Å². The minimum Gasteiger partial charge on any atom is -0.481 e. The lowest BCUT2D eigenvalue weighted by Gasteiger charge is -2.20. The number of aryl methyl sites for hydroxylation is 1. The van der Waals surface area contributed by atoms with Crippen LogP contribution in [0.2, 0.25) is 0 Å². The number of nitrogens with zero attached hydrogens (tertiary/aromatic N) is 1. The molecule has 0 aliphatic rings. The SMILES string of the molecule is Cc1ccc2ccn(CC(C)(C)C(=O)O)c2c1. The van der Waals surface area contributed by atoms with E-state index in [1.807, 2.05) is 23.8 Å². The fourth-order valence-corrected chi connectivity index (χ4v) is 1.93. The summed E-state index contributed by atoms with van der Waals surface area (Å²) >= 11 is 0. The smallest absolute Gasteiger partial charge is 0.310 e. The summed E-state index contributed by atoms with van der Waals surface area (Å²) in [5.41, 5.74) is 1.53. The Labute approximate surface area is 101 Å². The highest BCUT2D eigenvalue weighted by Crippen LogP contribution is 2.23. The van der Waals surface area contributed by atoms with Crippen LogP contribution < -0.4 is 0 Å². The molecule has 0 saturated carbocycles. The van der Waals surface area contributed by atoms with Crippen molar-refractivity contribution >= 4 is 16.9 Å². The van der Waals surface area contributed by atoms with Gasteiger partial charge in [0.1, 0.15) is 0 Å². The number of hydrogen-bond donors (Lipinski definition) is 1. The Morgan fingerprint density at radius 3 is 2.71 bits per heavy atom. The zero-order chi connectivity index (χ0) is 12.6. The Bertz CT molecular complexity index is 567. The molecule has 90 valence electrons. The molecule has 3 nitrogen and oxygen atoms in total. The van der Waals surface area contributed by atoms with Gasteiger partial charge in [-0.25, -0.2) is 0 Å². The number of carboxylic acids is 1. The van der Waals surface area contributed by atoms with Crippen molar-refractivity contribution in [1.29, 1.82) is 0 Å². The first-order chi connectivity index (χ1) is 7.90. The van der Waals surface area contributed by atoms with E-state index in [1.165, 1.54) is 5.56 Å². The average Bonchev–Trinajstić information content (AvgIpc) is 2.60. The summed E-state index contributed by atoms with van der Waals surface area (Å²) in [5, 5.41) is 10.3. The Hall–Kier alpha value is -1.77. The van der Waals surface area contributed by atoms with Crippen molar-refractivity contribution in [3.05, 3.63) is 36.0 Å². The topological polar surface area (TPSA) is 42.2 Å². The number of rotatable bonds is 3. The number of benzene rings is 1. The van der Waals surface area contributed by atoms with Crippen molar-refractivity contribution < 1.29 is 9.90 Å². The van der Waals surface area contributed by atoms with Gasteiger partial charge in [0.25, 0.3) is 0 Å². The van der Waals surface area contributed by atoms with E-state index in [0.717, 1.165) is 10.9 Å². The largest absolute Gasteiger partial charge is 0.481 e. The number of fused-ring (bicyclic) bond motifs is 1. The molecule has 0 aliphatic heterocycles. The number of aromatic nitrogens is 1. The third-order valence-corrected chi connectivity index (χ3v) is 3.07. The van der Waals surface area contributed by atoms with Gasteiger partial charge in [-0.05, 0) is 43.9 Å². The number of hydrogen-bond acceptors (Lipinski definition) is 1. The molecule has 0 spiro atoms. The highest BCUT2D eigenvalue weighted by molar-refractivity contribution is 5.81. The maximum absolute atomic E-state index is 11.1. The Kier molecular flexibility index (Phi) is 2.69. The van der Waals surface area contributed by atoms with Crippen LogP contribution in [0.4, 0.5) is 0 Å². The number of carboxylic acid groups (broad SMARTS) is 1. The lowest BCUT2D eigenvalue weighted by atomic mass is 9.94. The molecule has 17 heavy (non-hydrogen) atoms. The zero-order valence-electron chi connectivity index (χ0n) is 10.4. The average molecular weight is 231 g/mol. The van der Waals surface area contributed by atoms with E-state index in [0.29, 0.717) is 6.54 Å². The molecule has 1 heterocycles. The second-order valence-corrected chi connectivity index (χ2v) is 5.19. The van der Waals surface area contributed by atoms with Gasteiger partial charge < -0.3 is 9.67 Å². The molecule has 0 fully saturated rings. The van der Waals surface area contributed by atoms with Crippen LogP contribution in [0.1, 0.15) is 19.4 Å². The molecule has 1 aromatic carbocycles. The molecule has 1 N–H and O–H groups in total. The van der Waals surface area contributed by atoms with E-state index in [9.17, 15) is 4.79 Å². The molecular formula is C14H17NO2. The van der Waals surface area contributed by atoms with E-state index in [1.54, 1.807) is 13.8 Å². The summed E-state index contributed by atoms with van der Waals surface area (Å²) in [7, 11) is 0. The van der Waals surface area contributed by atoms with Crippen molar-refractivity contribution in [3.8, 4) is 0 Å². The van der Waals surface area contributed by atoms with Gasteiger partial charge in [0.15, 0.2) is 0 Å². The molecule has 0 saturated heterocycles.